The van der Waals surface area contributed by atoms with Crippen molar-refractivity contribution in [1.29, 1.82) is 0 Å². The lowest BCUT2D eigenvalue weighted by Gasteiger charge is -2.48. The van der Waals surface area contributed by atoms with E-state index in [4.69, 9.17) is 56.8 Å². The van der Waals surface area contributed by atoms with Crippen LogP contribution in [0.3, 0.4) is 0 Å². The Kier molecular flexibility index (Phi) is 20.5. The molecular weight excluding hydrogens is 955 g/mol. The lowest BCUT2D eigenvalue weighted by Crippen LogP contribution is -2.65. The van der Waals surface area contributed by atoms with E-state index < -0.39 is 54.8 Å². The molecular formula is C61H69NO13. The van der Waals surface area contributed by atoms with Crippen LogP contribution in [0.2, 0.25) is 0 Å². The van der Waals surface area contributed by atoms with Crippen molar-refractivity contribution in [3.8, 4) is 0 Å². The Labute approximate surface area is 440 Å². The molecule has 3 aliphatic rings. The highest BCUT2D eigenvalue weighted by molar-refractivity contribution is 5.71. The standard InChI is InChI=1S/C61H69NO13/c1-64-54(63)36-62-32-34-65-43-52-55(68-38-47-22-10-3-11-23-47)57(70-40-49-26-14-5-15-27-49)58(71-41-50-28-16-6-17-29-50)60(73-52)75-61(45-67-37-46-20-8-2-9-21-46)59(72-42-51-30-18-7-19-31-51)56(53(74-61)44-66-35-33-62)69-39-48-24-12-4-13-25-48/h2-31,52-53,55-60H,32-45H2,1H3/t52-,53-,55-,56-,57+,58-,59+,60-,61+/m1/s1. The van der Waals surface area contributed by atoms with Crippen molar-refractivity contribution in [2.75, 3.05) is 59.8 Å². The van der Waals surface area contributed by atoms with Crippen molar-refractivity contribution in [2.45, 2.75) is 94.4 Å². The molecule has 0 N–H and O–H groups in total. The van der Waals surface area contributed by atoms with Gasteiger partial charge in [-0.1, -0.05) is 182 Å². The number of rotatable bonds is 21. The molecule has 9 rings (SSSR count). The van der Waals surface area contributed by atoms with Crippen LogP contribution in [0.1, 0.15) is 33.4 Å². The molecule has 0 amide bonds. The van der Waals surface area contributed by atoms with E-state index in [1.54, 1.807) is 0 Å². The monoisotopic (exact) mass is 1020 g/mol. The second-order valence-corrected chi connectivity index (χ2v) is 18.9. The first-order valence-electron chi connectivity index (χ1n) is 25.9. The van der Waals surface area contributed by atoms with Crippen LogP contribution in [0.4, 0.5) is 0 Å². The number of methoxy groups -OCH3 is 1. The molecule has 0 spiro atoms. The summed E-state index contributed by atoms with van der Waals surface area (Å²) in [6, 6.07) is 59.8. The van der Waals surface area contributed by atoms with Crippen molar-refractivity contribution in [1.82, 2.24) is 4.90 Å². The molecule has 6 aromatic rings. The number of benzene rings is 6. The van der Waals surface area contributed by atoms with Crippen molar-refractivity contribution in [3.05, 3.63) is 215 Å². The summed E-state index contributed by atoms with van der Waals surface area (Å²) in [6.07, 6.45) is -6.95. The quantitative estimate of drug-likeness (QED) is 0.0639. The van der Waals surface area contributed by atoms with Crippen LogP contribution in [0.25, 0.3) is 0 Å². The maximum Gasteiger partial charge on any atom is 0.319 e. The van der Waals surface area contributed by atoms with Gasteiger partial charge in [0.25, 0.3) is 0 Å². The van der Waals surface area contributed by atoms with E-state index in [1.165, 1.54) is 7.11 Å². The Morgan fingerprint density at radius 1 is 0.480 bits per heavy atom. The summed E-state index contributed by atoms with van der Waals surface area (Å²) in [5, 5.41) is 0. The average Bonchev–Trinajstić information content (AvgIpc) is 3.74. The van der Waals surface area contributed by atoms with E-state index in [0.29, 0.717) is 13.1 Å². The third-order valence-corrected chi connectivity index (χ3v) is 13.4. The van der Waals surface area contributed by atoms with E-state index in [-0.39, 0.29) is 85.2 Å². The molecule has 0 radical (unpaired) electrons. The first kappa shape index (κ1) is 54.1. The Hall–Kier alpha value is -5.69. The average molecular weight is 1020 g/mol. The molecule has 75 heavy (non-hydrogen) atoms. The topological polar surface area (TPSA) is 131 Å². The molecule has 14 nitrogen and oxygen atoms in total. The highest BCUT2D eigenvalue weighted by Crippen LogP contribution is 2.42. The Bertz CT molecular complexity index is 2530. The summed E-state index contributed by atoms with van der Waals surface area (Å²) in [5.41, 5.74) is 5.71. The van der Waals surface area contributed by atoms with Gasteiger partial charge in [-0.25, -0.2) is 0 Å². The number of carbonyl (C=O) groups is 1. The predicted molar refractivity (Wildman–Crippen MR) is 279 cm³/mol. The maximum absolute atomic E-state index is 12.8. The van der Waals surface area contributed by atoms with Gasteiger partial charge in [0.2, 0.25) is 5.79 Å². The summed E-state index contributed by atoms with van der Waals surface area (Å²) in [5.74, 6) is -2.10. The van der Waals surface area contributed by atoms with Crippen molar-refractivity contribution in [3.63, 3.8) is 0 Å². The summed E-state index contributed by atoms with van der Waals surface area (Å²) < 4.78 is 82.3. The van der Waals surface area contributed by atoms with Gasteiger partial charge >= 0.3 is 5.97 Å². The van der Waals surface area contributed by atoms with Gasteiger partial charge in [-0.3, -0.25) is 9.69 Å². The molecule has 0 aromatic heterocycles. The van der Waals surface area contributed by atoms with Gasteiger partial charge in [0, 0.05) is 13.1 Å². The van der Waals surface area contributed by atoms with Gasteiger partial charge in [-0.15, -0.1) is 0 Å². The van der Waals surface area contributed by atoms with Crippen molar-refractivity contribution in [2.24, 2.45) is 0 Å². The second-order valence-electron chi connectivity index (χ2n) is 18.9. The van der Waals surface area contributed by atoms with Crippen LogP contribution >= 0.6 is 0 Å². The molecule has 3 saturated heterocycles. The number of carbonyl (C=O) groups excluding carboxylic acids is 1. The molecule has 0 aliphatic carbocycles. The van der Waals surface area contributed by atoms with E-state index in [1.807, 2.05) is 187 Å². The number of hydrogen-bond donors (Lipinski definition) is 0. The largest absolute Gasteiger partial charge is 0.468 e. The highest BCUT2D eigenvalue weighted by Gasteiger charge is 2.62. The third kappa shape index (κ3) is 15.7. The van der Waals surface area contributed by atoms with Crippen LogP contribution in [0.15, 0.2) is 182 Å². The summed E-state index contributed by atoms with van der Waals surface area (Å²) in [7, 11) is 1.38. The smallest absolute Gasteiger partial charge is 0.319 e. The zero-order valence-corrected chi connectivity index (χ0v) is 42.6. The van der Waals surface area contributed by atoms with E-state index in [0.717, 1.165) is 33.4 Å². The first-order valence-corrected chi connectivity index (χ1v) is 25.9. The fourth-order valence-electron chi connectivity index (χ4n) is 9.51. The number of ether oxygens (including phenoxy) is 12. The fraction of sp³-hybridized carbons (Fsp3) is 0.393. The van der Waals surface area contributed by atoms with E-state index in [2.05, 4.69) is 0 Å². The van der Waals surface area contributed by atoms with Gasteiger partial charge in [-0.2, -0.15) is 0 Å². The molecule has 3 fully saturated rings. The van der Waals surface area contributed by atoms with Gasteiger partial charge in [0.15, 0.2) is 6.29 Å². The Balaban J connectivity index is 1.16. The minimum absolute atomic E-state index is 0.0394. The van der Waals surface area contributed by atoms with Crippen LogP contribution in [-0.2, 0) is 101 Å². The van der Waals surface area contributed by atoms with Crippen LogP contribution in [0, 0.1) is 0 Å². The van der Waals surface area contributed by atoms with Gasteiger partial charge in [-0.05, 0) is 33.4 Å². The molecule has 396 valence electrons. The highest BCUT2D eigenvalue weighted by atomic mass is 16.8. The molecule has 4 bridgehead atoms. The molecule has 9 atom stereocenters. The zero-order chi connectivity index (χ0) is 51.3. The molecule has 6 aromatic carbocycles. The molecule has 0 saturated carbocycles. The Morgan fingerprint density at radius 2 is 0.880 bits per heavy atom. The number of fused-ring (bicyclic) bond motifs is 4. The minimum Gasteiger partial charge on any atom is -0.468 e. The first-order chi connectivity index (χ1) is 37.0. The number of esters is 1. The normalized spacial score (nSPS) is 25.6. The van der Waals surface area contributed by atoms with E-state index >= 15 is 0 Å². The Morgan fingerprint density at radius 3 is 1.35 bits per heavy atom. The lowest BCUT2D eigenvalue weighted by molar-refractivity contribution is -0.398. The number of nitrogens with zero attached hydrogens (tertiary/aromatic N) is 1. The molecule has 3 aliphatic heterocycles. The van der Waals surface area contributed by atoms with Crippen LogP contribution < -0.4 is 0 Å². The molecule has 3 heterocycles. The molecule has 0 unspecified atom stereocenters. The number of hydrogen-bond acceptors (Lipinski definition) is 14. The summed E-state index contributed by atoms with van der Waals surface area (Å²) >= 11 is 0. The van der Waals surface area contributed by atoms with Gasteiger partial charge in [0.05, 0.1) is 79.7 Å². The SMILES string of the molecule is COC(=O)CN1CCOC[C@H]2O[C@@](COCc3ccccc3)(O[C@H]3O[C@H](COCC1)[C@@H](OCc1ccccc1)[C@H](OCc1ccccc1)[C@H]3OCc1ccccc1)[C@@H](OCc1ccccc1)[C@@H]2OCc1ccccc1. The van der Waals surface area contributed by atoms with Crippen molar-refractivity contribution < 1.29 is 61.6 Å². The summed E-state index contributed by atoms with van der Waals surface area (Å²) in [6.45, 7) is 2.71. The van der Waals surface area contributed by atoms with Crippen LogP contribution in [-0.4, -0.2) is 125 Å². The van der Waals surface area contributed by atoms with Gasteiger partial charge in [0.1, 0.15) is 49.3 Å². The third-order valence-electron chi connectivity index (χ3n) is 13.4. The van der Waals surface area contributed by atoms with Crippen LogP contribution in [0.5, 0.6) is 0 Å². The fourth-order valence-corrected chi connectivity index (χ4v) is 9.51. The van der Waals surface area contributed by atoms with Crippen molar-refractivity contribution >= 4 is 5.97 Å². The molecule has 14 heteroatoms. The van der Waals surface area contributed by atoms with Gasteiger partial charge < -0.3 is 56.8 Å². The zero-order valence-electron chi connectivity index (χ0n) is 42.6. The summed E-state index contributed by atoms with van der Waals surface area (Å²) in [4.78, 5) is 14.7. The second kappa shape index (κ2) is 28.4. The lowest BCUT2D eigenvalue weighted by atomic mass is 9.97. The predicted octanol–water partition coefficient (Wildman–Crippen LogP) is 8.49. The van der Waals surface area contributed by atoms with E-state index in [9.17, 15) is 4.79 Å². The minimum atomic E-state index is -1.72. The maximum atomic E-state index is 12.8.